The Balaban J connectivity index is 2.03. The van der Waals surface area contributed by atoms with Gasteiger partial charge in [-0.1, -0.05) is 18.2 Å². The van der Waals surface area contributed by atoms with Crippen LogP contribution in [0.5, 0.6) is 5.75 Å². The highest BCUT2D eigenvalue weighted by Gasteiger charge is 2.21. The highest BCUT2D eigenvalue weighted by atomic mass is 19.3. The van der Waals surface area contributed by atoms with Crippen LogP contribution in [0.1, 0.15) is 22.8 Å². The lowest BCUT2D eigenvalue weighted by Crippen LogP contribution is -2.30. The molecule has 8 heteroatoms. The molecule has 0 aliphatic carbocycles. The Morgan fingerprint density at radius 2 is 1.81 bits per heavy atom. The maximum atomic E-state index is 13.5. The van der Waals surface area contributed by atoms with Crippen LogP contribution in [-0.4, -0.2) is 24.6 Å². The minimum Gasteiger partial charge on any atom is -0.449 e. The van der Waals surface area contributed by atoms with Crippen molar-refractivity contribution in [1.29, 1.82) is 0 Å². The first-order chi connectivity index (χ1) is 12.3. The summed E-state index contributed by atoms with van der Waals surface area (Å²) in [4.78, 5) is 24.1. The normalized spacial score (nSPS) is 11.8. The number of alkyl halides is 2. The molecule has 0 aromatic heterocycles. The van der Waals surface area contributed by atoms with Gasteiger partial charge in [-0.2, -0.15) is 8.78 Å². The van der Waals surface area contributed by atoms with E-state index < -0.39 is 30.4 Å². The Labute approximate surface area is 147 Å². The lowest BCUT2D eigenvalue weighted by atomic mass is 10.1. The summed E-state index contributed by atoms with van der Waals surface area (Å²) in [6, 6.07) is 9.38. The van der Waals surface area contributed by atoms with Crippen LogP contribution in [0.15, 0.2) is 42.5 Å². The molecule has 138 valence electrons. The highest BCUT2D eigenvalue weighted by Crippen LogP contribution is 2.25. The molecule has 1 atom stereocenters. The fourth-order valence-electron chi connectivity index (χ4n) is 2.00. The van der Waals surface area contributed by atoms with Gasteiger partial charge in [0.2, 0.25) is 0 Å². The average Bonchev–Trinajstić information content (AvgIpc) is 2.58. The van der Waals surface area contributed by atoms with Crippen molar-refractivity contribution in [3.63, 3.8) is 0 Å². The van der Waals surface area contributed by atoms with Crippen molar-refractivity contribution in [3.8, 4) is 5.75 Å². The third-order valence-electron chi connectivity index (χ3n) is 3.42. The minimum absolute atomic E-state index is 0.00193. The number of hydrogen-bond donors (Lipinski definition) is 1. The van der Waals surface area contributed by atoms with E-state index in [1.807, 2.05) is 0 Å². The van der Waals surface area contributed by atoms with Gasteiger partial charge in [0, 0.05) is 0 Å². The van der Waals surface area contributed by atoms with E-state index in [1.54, 1.807) is 6.92 Å². The van der Waals surface area contributed by atoms with Gasteiger partial charge in [-0.15, -0.1) is 0 Å². The number of carbonyl (C=O) groups excluding carboxylic acids is 2. The number of carbonyl (C=O) groups is 2. The van der Waals surface area contributed by atoms with Gasteiger partial charge in [-0.3, -0.25) is 4.79 Å². The largest absolute Gasteiger partial charge is 0.449 e. The van der Waals surface area contributed by atoms with Crippen LogP contribution in [0.4, 0.5) is 18.9 Å². The first-order valence-electron chi connectivity index (χ1n) is 7.59. The van der Waals surface area contributed by atoms with Gasteiger partial charge in [0.05, 0.1) is 11.3 Å². The molecule has 0 bridgehead atoms. The topological polar surface area (TPSA) is 64.6 Å². The monoisotopic (exact) mass is 367 g/mol. The zero-order valence-electron chi connectivity index (χ0n) is 14.0. The number of anilines is 1. The minimum atomic E-state index is -3.06. The predicted octanol–water partition coefficient (Wildman–Crippen LogP) is 3.92. The molecule has 1 unspecified atom stereocenters. The summed E-state index contributed by atoms with van der Waals surface area (Å²) in [6.45, 7) is -0.215. The fourth-order valence-corrected chi connectivity index (χ4v) is 2.00. The molecule has 0 radical (unpaired) electrons. The van der Waals surface area contributed by atoms with Crippen LogP contribution in [0, 0.1) is 12.7 Å². The molecular formula is C18H16F3NO4. The van der Waals surface area contributed by atoms with E-state index >= 15 is 0 Å². The lowest BCUT2D eigenvalue weighted by molar-refractivity contribution is -0.123. The molecule has 0 fully saturated rings. The molecule has 0 aliphatic heterocycles. The summed E-state index contributed by atoms with van der Waals surface area (Å²) >= 11 is 0. The SMILES string of the molecule is Cc1ccc(C(=O)OC(C)C(=O)Nc2ccccc2OC(F)F)cc1F. The van der Waals surface area contributed by atoms with Gasteiger partial charge < -0.3 is 14.8 Å². The second-order valence-corrected chi connectivity index (χ2v) is 5.38. The zero-order valence-corrected chi connectivity index (χ0v) is 14.0. The molecule has 5 nitrogen and oxygen atoms in total. The molecule has 26 heavy (non-hydrogen) atoms. The van der Waals surface area contributed by atoms with Gasteiger partial charge in [-0.25, -0.2) is 9.18 Å². The number of para-hydroxylation sites is 2. The molecule has 2 aromatic carbocycles. The van der Waals surface area contributed by atoms with Crippen molar-refractivity contribution < 1.29 is 32.2 Å². The molecule has 0 heterocycles. The number of hydrogen-bond acceptors (Lipinski definition) is 4. The Morgan fingerprint density at radius 3 is 2.46 bits per heavy atom. The van der Waals surface area contributed by atoms with Gasteiger partial charge in [0.25, 0.3) is 5.91 Å². The van der Waals surface area contributed by atoms with Crippen LogP contribution in [0.3, 0.4) is 0 Å². The molecular weight excluding hydrogens is 351 g/mol. The van der Waals surface area contributed by atoms with Crippen LogP contribution >= 0.6 is 0 Å². The maximum absolute atomic E-state index is 13.5. The van der Waals surface area contributed by atoms with Crippen molar-refractivity contribution >= 4 is 17.6 Å². The molecule has 0 spiro atoms. The van der Waals surface area contributed by atoms with E-state index in [1.165, 1.54) is 43.3 Å². The van der Waals surface area contributed by atoms with Gasteiger partial charge in [0.15, 0.2) is 6.10 Å². The Bertz CT molecular complexity index is 811. The number of ether oxygens (including phenoxy) is 2. The van der Waals surface area contributed by atoms with Crippen molar-refractivity contribution in [2.24, 2.45) is 0 Å². The second-order valence-electron chi connectivity index (χ2n) is 5.38. The Morgan fingerprint density at radius 1 is 1.12 bits per heavy atom. The highest BCUT2D eigenvalue weighted by molar-refractivity contribution is 5.98. The Kier molecular flexibility index (Phi) is 6.21. The fraction of sp³-hybridized carbons (Fsp3) is 0.222. The number of nitrogens with one attached hydrogen (secondary N) is 1. The van der Waals surface area contributed by atoms with E-state index in [2.05, 4.69) is 10.1 Å². The van der Waals surface area contributed by atoms with Crippen LogP contribution < -0.4 is 10.1 Å². The number of aryl methyl sites for hydroxylation is 1. The number of rotatable bonds is 6. The average molecular weight is 367 g/mol. The first kappa shape index (κ1) is 19.3. The van der Waals surface area contributed by atoms with Crippen LogP contribution in [0.25, 0.3) is 0 Å². The summed E-state index contributed by atoms with van der Waals surface area (Å²) in [7, 11) is 0. The van der Waals surface area contributed by atoms with Gasteiger partial charge in [0.1, 0.15) is 11.6 Å². The second kappa shape index (κ2) is 8.37. The van der Waals surface area contributed by atoms with E-state index in [0.29, 0.717) is 5.56 Å². The van der Waals surface area contributed by atoms with Crippen molar-refractivity contribution in [2.45, 2.75) is 26.6 Å². The molecule has 2 rings (SSSR count). The van der Waals surface area contributed by atoms with Gasteiger partial charge >= 0.3 is 12.6 Å². The summed E-state index contributed by atoms with van der Waals surface area (Å²) in [5.74, 6) is -2.44. The Hall–Kier alpha value is -3.03. The summed E-state index contributed by atoms with van der Waals surface area (Å²) < 4.78 is 47.6. The molecule has 2 aromatic rings. The number of esters is 1. The van der Waals surface area contributed by atoms with E-state index in [-0.39, 0.29) is 17.0 Å². The summed E-state index contributed by atoms with van der Waals surface area (Å²) in [5, 5.41) is 2.34. The predicted molar refractivity (Wildman–Crippen MR) is 87.7 cm³/mol. The molecule has 1 amide bonds. The first-order valence-corrected chi connectivity index (χ1v) is 7.59. The maximum Gasteiger partial charge on any atom is 0.387 e. The van der Waals surface area contributed by atoms with Gasteiger partial charge in [-0.05, 0) is 43.7 Å². The van der Waals surface area contributed by atoms with Crippen LogP contribution in [-0.2, 0) is 9.53 Å². The summed E-state index contributed by atoms with van der Waals surface area (Å²) in [5.41, 5.74) is 0.319. The third-order valence-corrected chi connectivity index (χ3v) is 3.42. The third kappa shape index (κ3) is 4.98. The van der Waals surface area contributed by atoms with Crippen molar-refractivity contribution in [2.75, 3.05) is 5.32 Å². The quantitative estimate of drug-likeness (QED) is 0.786. The van der Waals surface area contributed by atoms with Crippen molar-refractivity contribution in [1.82, 2.24) is 0 Å². The zero-order chi connectivity index (χ0) is 19.3. The standard InChI is InChI=1S/C18H16F3NO4/c1-10-7-8-12(9-13(10)19)17(24)25-11(2)16(23)22-14-5-3-4-6-15(14)26-18(20)21/h3-9,11,18H,1-2H3,(H,22,23). The van der Waals surface area contributed by atoms with Crippen LogP contribution in [0.2, 0.25) is 0 Å². The number of halogens is 3. The lowest BCUT2D eigenvalue weighted by Gasteiger charge is -2.16. The smallest absolute Gasteiger partial charge is 0.387 e. The summed E-state index contributed by atoms with van der Waals surface area (Å²) in [6.07, 6.45) is -1.24. The van der Waals surface area contributed by atoms with E-state index in [4.69, 9.17) is 4.74 Å². The molecule has 0 aliphatic rings. The number of amides is 1. The van der Waals surface area contributed by atoms with E-state index in [0.717, 1.165) is 6.07 Å². The molecule has 0 saturated heterocycles. The van der Waals surface area contributed by atoms with Crippen molar-refractivity contribution in [3.05, 3.63) is 59.4 Å². The van der Waals surface area contributed by atoms with E-state index in [9.17, 15) is 22.8 Å². The molecule has 1 N–H and O–H groups in total. The molecule has 0 saturated carbocycles. The number of benzene rings is 2.